The van der Waals surface area contributed by atoms with Crippen molar-refractivity contribution in [3.63, 3.8) is 0 Å². The molecule has 114 valence electrons. The van der Waals surface area contributed by atoms with Crippen LogP contribution in [0.15, 0.2) is 30.3 Å². The molecule has 0 bridgehead atoms. The summed E-state index contributed by atoms with van der Waals surface area (Å²) in [6, 6.07) is 8.76. The fourth-order valence-corrected chi connectivity index (χ4v) is 3.13. The second-order valence-electron chi connectivity index (χ2n) is 5.75. The Hall–Kier alpha value is -1.61. The molecule has 1 fully saturated rings. The van der Waals surface area contributed by atoms with Crippen LogP contribution in [0.4, 0.5) is 0 Å². The van der Waals surface area contributed by atoms with Crippen molar-refractivity contribution in [1.82, 2.24) is 4.90 Å². The van der Waals surface area contributed by atoms with Crippen molar-refractivity contribution in [2.24, 2.45) is 0 Å². The molecule has 2 rings (SSSR count). The molecule has 21 heavy (non-hydrogen) atoms. The predicted octanol–water partition coefficient (Wildman–Crippen LogP) is 3.94. The Morgan fingerprint density at radius 2 is 2.14 bits per heavy atom. The van der Waals surface area contributed by atoms with Crippen molar-refractivity contribution >= 4 is 12.0 Å². The molecule has 0 amide bonds. The first-order valence-corrected chi connectivity index (χ1v) is 7.93. The Labute approximate surface area is 127 Å². The quantitative estimate of drug-likeness (QED) is 0.834. The molecule has 1 saturated heterocycles. The second-order valence-corrected chi connectivity index (χ2v) is 5.75. The van der Waals surface area contributed by atoms with Gasteiger partial charge in [0.15, 0.2) is 0 Å². The third-order valence-corrected chi connectivity index (χ3v) is 4.30. The largest absolute Gasteiger partial charge is 0.478 e. The number of hydrogen-bond acceptors (Lipinski definition) is 2. The lowest BCUT2D eigenvalue weighted by molar-refractivity contribution is -0.131. The van der Waals surface area contributed by atoms with Crippen LogP contribution in [0.1, 0.15) is 50.2 Å². The van der Waals surface area contributed by atoms with E-state index in [-0.39, 0.29) is 0 Å². The Balaban J connectivity index is 2.15. The fourth-order valence-electron chi connectivity index (χ4n) is 3.13. The summed E-state index contributed by atoms with van der Waals surface area (Å²) in [4.78, 5) is 13.3. The summed E-state index contributed by atoms with van der Waals surface area (Å²) in [7, 11) is 0. The molecular formula is C18H25NO2. The van der Waals surface area contributed by atoms with E-state index in [1.165, 1.54) is 43.7 Å². The van der Waals surface area contributed by atoms with Gasteiger partial charge in [0, 0.05) is 18.7 Å². The van der Waals surface area contributed by atoms with Crippen LogP contribution in [0.3, 0.4) is 0 Å². The van der Waals surface area contributed by atoms with Gasteiger partial charge in [-0.3, -0.25) is 4.90 Å². The molecule has 0 saturated carbocycles. The van der Waals surface area contributed by atoms with Crippen LogP contribution in [0.25, 0.3) is 6.08 Å². The first-order valence-electron chi connectivity index (χ1n) is 7.93. The molecule has 1 aliphatic rings. The van der Waals surface area contributed by atoms with Crippen molar-refractivity contribution < 1.29 is 9.90 Å². The van der Waals surface area contributed by atoms with Crippen LogP contribution in [0, 0.1) is 0 Å². The number of nitrogens with zero attached hydrogens (tertiary/aromatic N) is 1. The average Bonchev–Trinajstić information content (AvgIpc) is 2.71. The summed E-state index contributed by atoms with van der Waals surface area (Å²) in [6.07, 6.45) is 9.32. The van der Waals surface area contributed by atoms with Crippen LogP contribution in [-0.4, -0.2) is 28.6 Å². The minimum Gasteiger partial charge on any atom is -0.478 e. The molecule has 0 spiro atoms. The van der Waals surface area contributed by atoms with Crippen molar-refractivity contribution in [3.05, 3.63) is 41.5 Å². The van der Waals surface area contributed by atoms with Crippen LogP contribution < -0.4 is 0 Å². The van der Waals surface area contributed by atoms with E-state index in [4.69, 9.17) is 5.11 Å². The normalized spacial score (nSPS) is 20.5. The van der Waals surface area contributed by atoms with E-state index in [0.29, 0.717) is 6.04 Å². The number of rotatable bonds is 5. The Morgan fingerprint density at radius 3 is 2.90 bits per heavy atom. The Morgan fingerprint density at radius 1 is 1.33 bits per heavy atom. The lowest BCUT2D eigenvalue weighted by Crippen LogP contribution is -2.34. The van der Waals surface area contributed by atoms with Crippen LogP contribution >= 0.6 is 0 Å². The highest BCUT2D eigenvalue weighted by Gasteiger charge is 2.19. The molecule has 1 aromatic rings. The Kier molecular flexibility index (Phi) is 6.00. The van der Waals surface area contributed by atoms with E-state index in [1.807, 2.05) is 18.2 Å². The Bertz CT molecular complexity index is 496. The van der Waals surface area contributed by atoms with Gasteiger partial charge in [0.25, 0.3) is 0 Å². The lowest BCUT2D eigenvalue weighted by Gasteiger charge is -2.29. The van der Waals surface area contributed by atoms with E-state index in [0.717, 1.165) is 18.7 Å². The van der Waals surface area contributed by atoms with Crippen LogP contribution in [-0.2, 0) is 11.3 Å². The number of benzene rings is 1. The summed E-state index contributed by atoms with van der Waals surface area (Å²) in [6.45, 7) is 4.33. The molecule has 1 aliphatic heterocycles. The van der Waals surface area contributed by atoms with Crippen molar-refractivity contribution in [2.45, 2.75) is 51.6 Å². The average molecular weight is 287 g/mol. The van der Waals surface area contributed by atoms with Gasteiger partial charge >= 0.3 is 5.97 Å². The highest BCUT2D eigenvalue weighted by molar-refractivity contribution is 5.85. The van der Waals surface area contributed by atoms with Gasteiger partial charge in [-0.05, 0) is 43.0 Å². The molecular weight excluding hydrogens is 262 g/mol. The van der Waals surface area contributed by atoms with E-state index in [2.05, 4.69) is 17.9 Å². The summed E-state index contributed by atoms with van der Waals surface area (Å²) in [5, 5.41) is 8.81. The topological polar surface area (TPSA) is 40.5 Å². The first-order chi connectivity index (χ1) is 10.2. The maximum atomic E-state index is 10.7. The molecule has 3 nitrogen and oxygen atoms in total. The van der Waals surface area contributed by atoms with Crippen LogP contribution in [0.2, 0.25) is 0 Å². The van der Waals surface area contributed by atoms with Gasteiger partial charge < -0.3 is 5.11 Å². The summed E-state index contributed by atoms with van der Waals surface area (Å²) in [5.74, 6) is -0.897. The molecule has 1 aromatic carbocycles. The zero-order chi connectivity index (χ0) is 15.1. The monoisotopic (exact) mass is 287 g/mol. The van der Waals surface area contributed by atoms with Gasteiger partial charge in [0.2, 0.25) is 0 Å². The number of carboxylic acid groups (broad SMARTS) is 1. The zero-order valence-electron chi connectivity index (χ0n) is 12.8. The van der Waals surface area contributed by atoms with Gasteiger partial charge in [-0.1, -0.05) is 44.0 Å². The number of carboxylic acids is 1. The molecule has 0 aromatic heterocycles. The lowest BCUT2D eigenvalue weighted by atomic mass is 10.0. The van der Waals surface area contributed by atoms with Crippen molar-refractivity contribution in [2.75, 3.05) is 6.54 Å². The number of likely N-dealkylation sites (tertiary alicyclic amines) is 1. The second kappa shape index (κ2) is 7.99. The smallest absolute Gasteiger partial charge is 0.328 e. The number of carbonyl (C=O) groups is 1. The highest BCUT2D eigenvalue weighted by atomic mass is 16.4. The van der Waals surface area contributed by atoms with E-state index in [9.17, 15) is 4.79 Å². The maximum absolute atomic E-state index is 10.7. The fraction of sp³-hybridized carbons (Fsp3) is 0.500. The summed E-state index contributed by atoms with van der Waals surface area (Å²) in [5.41, 5.74) is 2.23. The molecule has 0 radical (unpaired) electrons. The highest BCUT2D eigenvalue weighted by Crippen LogP contribution is 2.23. The maximum Gasteiger partial charge on any atom is 0.328 e. The van der Waals surface area contributed by atoms with Gasteiger partial charge in [-0.15, -0.1) is 0 Å². The number of hydrogen-bond donors (Lipinski definition) is 1. The predicted molar refractivity (Wildman–Crippen MR) is 86.1 cm³/mol. The number of aliphatic carboxylic acids is 1. The molecule has 1 unspecified atom stereocenters. The van der Waals surface area contributed by atoms with Gasteiger partial charge in [0.1, 0.15) is 0 Å². The zero-order valence-corrected chi connectivity index (χ0v) is 12.8. The molecule has 1 heterocycles. The summed E-state index contributed by atoms with van der Waals surface area (Å²) >= 11 is 0. The molecule has 1 atom stereocenters. The third kappa shape index (κ3) is 4.71. The molecule has 3 heteroatoms. The minimum atomic E-state index is -0.897. The van der Waals surface area contributed by atoms with Crippen molar-refractivity contribution in [3.8, 4) is 0 Å². The first kappa shape index (κ1) is 15.8. The molecule has 0 aliphatic carbocycles. The summed E-state index contributed by atoms with van der Waals surface area (Å²) < 4.78 is 0. The van der Waals surface area contributed by atoms with Crippen LogP contribution in [0.5, 0.6) is 0 Å². The minimum absolute atomic E-state index is 0.656. The van der Waals surface area contributed by atoms with E-state index in [1.54, 1.807) is 6.08 Å². The third-order valence-electron chi connectivity index (χ3n) is 4.30. The van der Waals surface area contributed by atoms with Gasteiger partial charge in [0.05, 0.1) is 0 Å². The van der Waals surface area contributed by atoms with Crippen molar-refractivity contribution in [1.29, 1.82) is 0 Å². The molecule has 1 N–H and O–H groups in total. The standard InChI is InChI=1S/C18H25NO2/c1-2-17-10-4-3-7-13-19(17)14-16-9-6-5-8-15(16)11-12-18(20)21/h5-6,8-9,11-12,17H,2-4,7,10,13-14H2,1H3,(H,20,21)/b12-11+. The van der Waals surface area contributed by atoms with Gasteiger partial charge in [-0.25, -0.2) is 4.79 Å². The van der Waals surface area contributed by atoms with Gasteiger partial charge in [-0.2, -0.15) is 0 Å². The SMILES string of the molecule is CCC1CCCCCN1Cc1ccccc1/C=C/C(=O)O. The van der Waals surface area contributed by atoms with E-state index < -0.39 is 5.97 Å². The van der Waals surface area contributed by atoms with E-state index >= 15 is 0 Å².